The van der Waals surface area contributed by atoms with Gasteiger partial charge >= 0.3 is 0 Å². The molecule has 0 radical (unpaired) electrons. The van der Waals surface area contributed by atoms with E-state index in [0.717, 1.165) is 52.3 Å². The molecule has 0 saturated carbocycles. The van der Waals surface area contributed by atoms with Gasteiger partial charge in [-0.1, -0.05) is 54.6 Å². The number of aromatic nitrogens is 4. The molecule has 1 aromatic heterocycles. The summed E-state index contributed by atoms with van der Waals surface area (Å²) in [5, 5.41) is 17.3. The lowest BCUT2D eigenvalue weighted by Gasteiger charge is -2.26. The summed E-state index contributed by atoms with van der Waals surface area (Å²) in [7, 11) is 1.86. The molecule has 186 valence electrons. The fourth-order valence-electron chi connectivity index (χ4n) is 5.21. The molecule has 6 rings (SSSR count). The molecule has 0 bridgehead atoms. The van der Waals surface area contributed by atoms with Crippen LogP contribution in [0.2, 0.25) is 0 Å². The maximum absolute atomic E-state index is 13.3. The Labute approximate surface area is 220 Å². The normalized spacial score (nSPS) is 17.6. The van der Waals surface area contributed by atoms with Gasteiger partial charge < -0.3 is 4.90 Å². The minimum absolute atomic E-state index is 0.0143. The van der Waals surface area contributed by atoms with Crippen LogP contribution in [0.5, 0.6) is 0 Å². The molecule has 0 spiro atoms. The van der Waals surface area contributed by atoms with E-state index in [1.54, 1.807) is 22.5 Å². The minimum atomic E-state index is 0.0143. The number of hydrogen-bond acceptors (Lipinski definition) is 6. The van der Waals surface area contributed by atoms with Gasteiger partial charge in [0, 0.05) is 36.8 Å². The average molecular weight is 508 g/mol. The maximum atomic E-state index is 13.3. The molecule has 2 aliphatic rings. The molecule has 1 aliphatic heterocycles. The van der Waals surface area contributed by atoms with Crippen LogP contribution in [0.15, 0.2) is 94.2 Å². The Hall–Kier alpha value is -3.71. The molecular formula is C30H29N5OS. The zero-order valence-corrected chi connectivity index (χ0v) is 21.7. The van der Waals surface area contributed by atoms with Crippen LogP contribution in [-0.4, -0.2) is 44.0 Å². The quantitative estimate of drug-likeness (QED) is 0.169. The number of aryl methyl sites for hydroxylation is 1. The molecule has 1 saturated heterocycles. The number of hydrogen-bond donors (Lipinski definition) is 0. The van der Waals surface area contributed by atoms with Gasteiger partial charge in [-0.25, -0.2) is 4.68 Å². The van der Waals surface area contributed by atoms with Crippen LogP contribution in [0.4, 0.5) is 0 Å². The standard InChI is InChI=1S/C30H29N5OS/c1-34-30(31-32-33-34)37-29-23(12-14-25(29)20-35-17-5-2-6-18-35)15-16-28(36)24-13-11-22-10-9-21-7-3-4-8-26(21)27(22)19-24/h3-4,7-11,13,15-16,19-20H,2,5-6,12,14,17-18H2,1H3/b16-15+,25-20+. The highest BCUT2D eigenvalue weighted by Gasteiger charge is 2.23. The second-order valence-electron chi connectivity index (χ2n) is 9.71. The van der Waals surface area contributed by atoms with Gasteiger partial charge in [0.2, 0.25) is 5.16 Å². The summed E-state index contributed by atoms with van der Waals surface area (Å²) in [6, 6.07) is 18.6. The van der Waals surface area contributed by atoms with Crippen LogP contribution in [0.3, 0.4) is 0 Å². The lowest BCUT2D eigenvalue weighted by atomic mass is 9.98. The summed E-state index contributed by atoms with van der Waals surface area (Å²) in [4.78, 5) is 16.9. The molecule has 0 N–H and O–H groups in total. The number of carbonyl (C=O) groups excluding carboxylic acids is 1. The number of thioether (sulfide) groups is 1. The summed E-state index contributed by atoms with van der Waals surface area (Å²) in [5.41, 5.74) is 3.17. The van der Waals surface area contributed by atoms with Crippen molar-refractivity contribution in [2.75, 3.05) is 13.1 Å². The van der Waals surface area contributed by atoms with Crippen molar-refractivity contribution in [2.24, 2.45) is 7.05 Å². The third-order valence-corrected chi connectivity index (χ3v) is 8.47. The third kappa shape index (κ3) is 4.96. The van der Waals surface area contributed by atoms with E-state index < -0.39 is 0 Å². The van der Waals surface area contributed by atoms with Crippen molar-refractivity contribution in [2.45, 2.75) is 37.3 Å². The number of rotatable bonds is 6. The van der Waals surface area contributed by atoms with Crippen molar-refractivity contribution in [3.63, 3.8) is 0 Å². The molecule has 6 nitrogen and oxygen atoms in total. The zero-order chi connectivity index (χ0) is 25.2. The number of fused-ring (bicyclic) bond motifs is 3. The Kier molecular flexibility index (Phi) is 6.62. The number of likely N-dealkylation sites (tertiary alicyclic amines) is 1. The summed E-state index contributed by atoms with van der Waals surface area (Å²) in [6.07, 6.45) is 11.7. The van der Waals surface area contributed by atoms with Gasteiger partial charge in [-0.2, -0.15) is 0 Å². The van der Waals surface area contributed by atoms with Crippen molar-refractivity contribution in [3.8, 4) is 0 Å². The van der Waals surface area contributed by atoms with E-state index in [-0.39, 0.29) is 5.78 Å². The molecule has 4 aromatic rings. The molecule has 37 heavy (non-hydrogen) atoms. The van der Waals surface area contributed by atoms with Crippen LogP contribution in [0.1, 0.15) is 42.5 Å². The number of allylic oxidation sites excluding steroid dienone is 4. The topological polar surface area (TPSA) is 63.9 Å². The van der Waals surface area contributed by atoms with Crippen LogP contribution in [-0.2, 0) is 7.05 Å². The van der Waals surface area contributed by atoms with Crippen molar-refractivity contribution in [3.05, 3.63) is 94.6 Å². The SMILES string of the molecule is Cn1nnnc1SC1=C(/C=C/C(=O)c2ccc3ccc4ccccc4c3c2)CC/C1=C\N1CCCCC1. The van der Waals surface area contributed by atoms with E-state index in [9.17, 15) is 4.79 Å². The lowest BCUT2D eigenvalue weighted by Crippen LogP contribution is -2.24. The van der Waals surface area contributed by atoms with E-state index >= 15 is 0 Å². The van der Waals surface area contributed by atoms with E-state index in [1.165, 1.54) is 35.6 Å². The van der Waals surface area contributed by atoms with Gasteiger partial charge in [-0.15, -0.1) is 5.10 Å². The number of tetrazole rings is 1. The highest BCUT2D eigenvalue weighted by molar-refractivity contribution is 8.03. The van der Waals surface area contributed by atoms with Gasteiger partial charge in [0.15, 0.2) is 5.78 Å². The highest BCUT2D eigenvalue weighted by atomic mass is 32.2. The first-order valence-corrected chi connectivity index (χ1v) is 13.7. The lowest BCUT2D eigenvalue weighted by molar-refractivity contribution is 0.104. The van der Waals surface area contributed by atoms with Crippen molar-refractivity contribution >= 4 is 39.1 Å². The van der Waals surface area contributed by atoms with Gasteiger partial charge in [0.25, 0.3) is 0 Å². The molecule has 3 aromatic carbocycles. The first kappa shape index (κ1) is 23.7. The molecule has 7 heteroatoms. The second kappa shape index (κ2) is 10.3. The number of piperidine rings is 1. The van der Waals surface area contributed by atoms with E-state index in [1.807, 2.05) is 43.5 Å². The second-order valence-corrected chi connectivity index (χ2v) is 10.7. The number of carbonyl (C=O) groups is 1. The van der Waals surface area contributed by atoms with E-state index in [2.05, 4.69) is 50.9 Å². The monoisotopic (exact) mass is 507 g/mol. The van der Waals surface area contributed by atoms with E-state index in [0.29, 0.717) is 5.56 Å². The Morgan fingerprint density at radius 2 is 1.73 bits per heavy atom. The number of ketones is 1. The van der Waals surface area contributed by atoms with Crippen LogP contribution >= 0.6 is 11.8 Å². The molecule has 0 amide bonds. The summed E-state index contributed by atoms with van der Waals surface area (Å²) in [5.74, 6) is 0.0143. The highest BCUT2D eigenvalue weighted by Crippen LogP contribution is 2.42. The van der Waals surface area contributed by atoms with Crippen molar-refractivity contribution in [1.29, 1.82) is 0 Å². The predicted molar refractivity (Wildman–Crippen MR) is 149 cm³/mol. The van der Waals surface area contributed by atoms with Gasteiger partial charge in [0.05, 0.1) is 0 Å². The third-order valence-electron chi connectivity index (χ3n) is 7.22. The first-order valence-electron chi connectivity index (χ1n) is 12.9. The predicted octanol–water partition coefficient (Wildman–Crippen LogP) is 6.47. The zero-order valence-electron chi connectivity index (χ0n) is 20.9. The Balaban J connectivity index is 1.32. The Morgan fingerprint density at radius 3 is 2.54 bits per heavy atom. The number of nitrogens with zero attached hydrogens (tertiary/aromatic N) is 5. The number of benzene rings is 3. The van der Waals surface area contributed by atoms with Crippen LogP contribution < -0.4 is 0 Å². The molecule has 2 heterocycles. The largest absolute Gasteiger partial charge is 0.377 e. The van der Waals surface area contributed by atoms with Crippen molar-refractivity contribution in [1.82, 2.24) is 25.1 Å². The Bertz CT molecular complexity index is 1580. The van der Waals surface area contributed by atoms with E-state index in [4.69, 9.17) is 0 Å². The molecule has 0 unspecified atom stereocenters. The fraction of sp³-hybridized carbons (Fsp3) is 0.267. The summed E-state index contributed by atoms with van der Waals surface area (Å²) < 4.78 is 1.69. The smallest absolute Gasteiger partial charge is 0.213 e. The summed E-state index contributed by atoms with van der Waals surface area (Å²) >= 11 is 1.59. The van der Waals surface area contributed by atoms with Crippen LogP contribution in [0.25, 0.3) is 21.5 Å². The minimum Gasteiger partial charge on any atom is -0.377 e. The fourth-order valence-corrected chi connectivity index (χ4v) is 6.23. The first-order chi connectivity index (χ1) is 18.2. The Morgan fingerprint density at radius 1 is 0.946 bits per heavy atom. The molecule has 1 fully saturated rings. The maximum Gasteiger partial charge on any atom is 0.213 e. The molecule has 1 aliphatic carbocycles. The van der Waals surface area contributed by atoms with Gasteiger partial charge in [-0.3, -0.25) is 4.79 Å². The van der Waals surface area contributed by atoms with Gasteiger partial charge in [0.1, 0.15) is 0 Å². The average Bonchev–Trinajstić information content (AvgIpc) is 3.52. The molecule has 0 atom stereocenters. The molecular weight excluding hydrogens is 478 g/mol. The van der Waals surface area contributed by atoms with Gasteiger partial charge in [-0.05, 0) is 99.1 Å². The summed E-state index contributed by atoms with van der Waals surface area (Å²) in [6.45, 7) is 2.21. The van der Waals surface area contributed by atoms with Crippen molar-refractivity contribution < 1.29 is 4.79 Å². The van der Waals surface area contributed by atoms with Crippen LogP contribution in [0, 0.1) is 0 Å².